The molecule has 1 heterocycles. The lowest BCUT2D eigenvalue weighted by atomic mass is 10.2. The smallest absolute Gasteiger partial charge is 0.265 e. The molecule has 2 aromatic carbocycles. The molecule has 7 nitrogen and oxygen atoms in total. The van der Waals surface area contributed by atoms with Crippen molar-refractivity contribution in [1.82, 2.24) is 4.31 Å². The van der Waals surface area contributed by atoms with Gasteiger partial charge in [-0.25, -0.2) is 8.42 Å². The Labute approximate surface area is 192 Å². The quantitative estimate of drug-likeness (QED) is 0.589. The third-order valence-corrected chi connectivity index (χ3v) is 7.21. The second-order valence-corrected chi connectivity index (χ2v) is 9.78. The number of anilines is 1. The third-order valence-electron chi connectivity index (χ3n) is 4.76. The standard InChI is InChI=1S/C21H24Cl2N2O5S/c1-3-29-19-9-7-16(13-20(19)31(27,28)25-10-4-5-11-25)24-21(26)14(2)30-18-8-6-15(22)12-17(18)23/h6-9,12-14H,3-5,10-11H2,1-2H3,(H,24,26). The van der Waals surface area contributed by atoms with Gasteiger partial charge in [0.25, 0.3) is 5.91 Å². The van der Waals surface area contributed by atoms with Crippen molar-refractivity contribution in [3.8, 4) is 11.5 Å². The molecule has 1 unspecified atom stereocenters. The zero-order valence-electron chi connectivity index (χ0n) is 17.2. The average molecular weight is 487 g/mol. The van der Waals surface area contributed by atoms with Gasteiger partial charge in [-0.1, -0.05) is 23.2 Å². The largest absolute Gasteiger partial charge is 0.492 e. The maximum Gasteiger partial charge on any atom is 0.265 e. The molecular formula is C21H24Cl2N2O5S. The Morgan fingerprint density at radius 1 is 1.13 bits per heavy atom. The fourth-order valence-corrected chi connectivity index (χ4v) is 5.32. The molecule has 1 fully saturated rings. The van der Waals surface area contributed by atoms with E-state index in [9.17, 15) is 13.2 Å². The summed E-state index contributed by atoms with van der Waals surface area (Å²) in [7, 11) is -3.73. The van der Waals surface area contributed by atoms with Crippen LogP contribution in [0.2, 0.25) is 10.0 Å². The van der Waals surface area contributed by atoms with Crippen LogP contribution in [-0.2, 0) is 14.8 Å². The van der Waals surface area contributed by atoms with Gasteiger partial charge >= 0.3 is 0 Å². The first-order chi connectivity index (χ1) is 14.7. The van der Waals surface area contributed by atoms with Gasteiger partial charge in [0.1, 0.15) is 16.4 Å². The number of sulfonamides is 1. The molecule has 2 aromatic rings. The molecule has 0 radical (unpaired) electrons. The van der Waals surface area contributed by atoms with Crippen LogP contribution in [-0.4, -0.2) is 44.4 Å². The second-order valence-electron chi connectivity index (χ2n) is 7.03. The summed E-state index contributed by atoms with van der Waals surface area (Å²) >= 11 is 12.0. The molecule has 0 bridgehead atoms. The lowest BCUT2D eigenvalue weighted by Gasteiger charge is -2.20. The van der Waals surface area contributed by atoms with Crippen molar-refractivity contribution in [1.29, 1.82) is 0 Å². The van der Waals surface area contributed by atoms with Crippen LogP contribution in [0.25, 0.3) is 0 Å². The molecule has 168 valence electrons. The van der Waals surface area contributed by atoms with Crippen LogP contribution in [0.5, 0.6) is 11.5 Å². The molecule has 0 spiro atoms. The van der Waals surface area contributed by atoms with Gasteiger partial charge in [-0.2, -0.15) is 4.31 Å². The van der Waals surface area contributed by atoms with Crippen LogP contribution in [0.15, 0.2) is 41.3 Å². The van der Waals surface area contributed by atoms with Gasteiger partial charge < -0.3 is 14.8 Å². The summed E-state index contributed by atoms with van der Waals surface area (Å²) in [6, 6.07) is 9.25. The maximum atomic E-state index is 13.1. The topological polar surface area (TPSA) is 84.9 Å². The number of nitrogens with zero attached hydrogens (tertiary/aromatic N) is 1. The predicted molar refractivity (Wildman–Crippen MR) is 121 cm³/mol. The molecule has 0 saturated carbocycles. The first-order valence-corrected chi connectivity index (χ1v) is 12.1. The minimum absolute atomic E-state index is 0.0309. The summed E-state index contributed by atoms with van der Waals surface area (Å²) in [5.41, 5.74) is 0.323. The lowest BCUT2D eigenvalue weighted by molar-refractivity contribution is -0.122. The van der Waals surface area contributed by atoms with E-state index in [4.69, 9.17) is 32.7 Å². The number of nitrogens with one attached hydrogen (secondary N) is 1. The molecule has 1 atom stereocenters. The van der Waals surface area contributed by atoms with Crippen molar-refractivity contribution >= 4 is 44.8 Å². The summed E-state index contributed by atoms with van der Waals surface area (Å²) < 4.78 is 38.8. The van der Waals surface area contributed by atoms with Crippen molar-refractivity contribution in [2.75, 3.05) is 25.0 Å². The minimum Gasteiger partial charge on any atom is -0.492 e. The van der Waals surface area contributed by atoms with Crippen LogP contribution in [0, 0.1) is 0 Å². The van der Waals surface area contributed by atoms with Crippen molar-refractivity contribution in [3.05, 3.63) is 46.4 Å². The predicted octanol–water partition coefficient (Wildman–Crippen LogP) is 4.58. The van der Waals surface area contributed by atoms with E-state index in [0.717, 1.165) is 12.8 Å². The molecule has 0 aromatic heterocycles. The first-order valence-electron chi connectivity index (χ1n) is 9.92. The monoisotopic (exact) mass is 486 g/mol. The van der Waals surface area contributed by atoms with E-state index in [1.54, 1.807) is 38.1 Å². The summed E-state index contributed by atoms with van der Waals surface area (Å²) in [6.07, 6.45) is 0.757. The highest BCUT2D eigenvalue weighted by Crippen LogP contribution is 2.32. The molecule has 1 aliphatic rings. The zero-order valence-corrected chi connectivity index (χ0v) is 19.6. The van der Waals surface area contributed by atoms with E-state index < -0.39 is 22.0 Å². The highest BCUT2D eigenvalue weighted by molar-refractivity contribution is 7.89. The van der Waals surface area contributed by atoms with Gasteiger partial charge in [0.05, 0.1) is 11.6 Å². The van der Waals surface area contributed by atoms with E-state index in [1.165, 1.54) is 16.4 Å². The Hall–Kier alpha value is -2.00. The average Bonchev–Trinajstić information content (AvgIpc) is 3.27. The zero-order chi connectivity index (χ0) is 22.6. The second kappa shape index (κ2) is 10.1. The Balaban J connectivity index is 1.80. The molecule has 0 aliphatic carbocycles. The van der Waals surface area contributed by atoms with Gasteiger partial charge in [0.2, 0.25) is 10.0 Å². The van der Waals surface area contributed by atoms with E-state index >= 15 is 0 Å². The lowest BCUT2D eigenvalue weighted by Crippen LogP contribution is -2.31. The number of hydrogen-bond donors (Lipinski definition) is 1. The molecule has 1 N–H and O–H groups in total. The molecule has 1 saturated heterocycles. The van der Waals surface area contributed by atoms with Crippen LogP contribution >= 0.6 is 23.2 Å². The van der Waals surface area contributed by atoms with Crippen molar-refractivity contribution in [2.24, 2.45) is 0 Å². The van der Waals surface area contributed by atoms with E-state index in [-0.39, 0.29) is 15.7 Å². The first kappa shape index (κ1) is 23.7. The Kier molecular flexibility index (Phi) is 7.69. The molecule has 1 amide bonds. The van der Waals surface area contributed by atoms with Crippen molar-refractivity contribution < 1.29 is 22.7 Å². The molecule has 1 aliphatic heterocycles. The normalized spacial score (nSPS) is 15.5. The Bertz CT molecular complexity index is 1060. The number of carbonyl (C=O) groups excluding carboxylic acids is 1. The highest BCUT2D eigenvalue weighted by atomic mass is 35.5. The molecule has 3 rings (SSSR count). The summed E-state index contributed by atoms with van der Waals surface area (Å²) in [4.78, 5) is 12.7. The van der Waals surface area contributed by atoms with Crippen LogP contribution < -0.4 is 14.8 Å². The number of hydrogen-bond acceptors (Lipinski definition) is 5. The molecule has 10 heteroatoms. The van der Waals surface area contributed by atoms with E-state index in [1.807, 2.05) is 0 Å². The van der Waals surface area contributed by atoms with Crippen LogP contribution in [0.3, 0.4) is 0 Å². The molecule has 31 heavy (non-hydrogen) atoms. The van der Waals surface area contributed by atoms with Gasteiger partial charge in [-0.15, -0.1) is 0 Å². The number of benzene rings is 2. The summed E-state index contributed by atoms with van der Waals surface area (Å²) in [5, 5.41) is 3.43. The van der Waals surface area contributed by atoms with Gasteiger partial charge in [-0.3, -0.25) is 4.79 Å². The third kappa shape index (κ3) is 5.63. The SMILES string of the molecule is CCOc1ccc(NC(=O)C(C)Oc2ccc(Cl)cc2Cl)cc1S(=O)(=O)N1CCCC1. The van der Waals surface area contributed by atoms with Crippen molar-refractivity contribution in [2.45, 2.75) is 37.7 Å². The number of carbonyl (C=O) groups is 1. The van der Waals surface area contributed by atoms with Gasteiger partial charge in [-0.05, 0) is 63.1 Å². The highest BCUT2D eigenvalue weighted by Gasteiger charge is 2.30. The Morgan fingerprint density at radius 2 is 1.81 bits per heavy atom. The summed E-state index contributed by atoms with van der Waals surface area (Å²) in [5.74, 6) is 0.113. The Morgan fingerprint density at radius 3 is 2.45 bits per heavy atom. The van der Waals surface area contributed by atoms with Gasteiger partial charge in [0, 0.05) is 23.8 Å². The minimum atomic E-state index is -3.73. The van der Waals surface area contributed by atoms with Crippen molar-refractivity contribution in [3.63, 3.8) is 0 Å². The fraction of sp³-hybridized carbons (Fsp3) is 0.381. The van der Waals surface area contributed by atoms with Crippen LogP contribution in [0.4, 0.5) is 5.69 Å². The number of ether oxygens (including phenoxy) is 2. The fourth-order valence-electron chi connectivity index (χ4n) is 3.19. The molecular weight excluding hydrogens is 463 g/mol. The van der Waals surface area contributed by atoms with E-state index in [0.29, 0.717) is 36.2 Å². The number of amides is 1. The van der Waals surface area contributed by atoms with Crippen LogP contribution in [0.1, 0.15) is 26.7 Å². The summed E-state index contributed by atoms with van der Waals surface area (Å²) in [6.45, 7) is 4.61. The number of rotatable bonds is 8. The maximum absolute atomic E-state index is 13.1. The van der Waals surface area contributed by atoms with E-state index in [2.05, 4.69) is 5.32 Å². The van der Waals surface area contributed by atoms with Gasteiger partial charge in [0.15, 0.2) is 6.10 Å². The number of halogens is 2.